The lowest BCUT2D eigenvalue weighted by Gasteiger charge is -2.36. The smallest absolute Gasteiger partial charge is 0.250 e. The lowest BCUT2D eigenvalue weighted by molar-refractivity contribution is 0.100. The Kier molecular flexibility index (Phi) is 5.99. The average molecular weight is 437 g/mol. The van der Waals surface area contributed by atoms with Crippen molar-refractivity contribution in [3.05, 3.63) is 71.3 Å². The first kappa shape index (κ1) is 23.7. The molecule has 0 N–H and O–H groups in total. The second-order valence-electron chi connectivity index (χ2n) is 12.0. The Labute approximate surface area is 190 Å². The van der Waals surface area contributed by atoms with Crippen LogP contribution in [-0.4, -0.2) is 8.32 Å². The van der Waals surface area contributed by atoms with Crippen LogP contribution in [0.15, 0.2) is 60.2 Å². The predicted molar refractivity (Wildman–Crippen MR) is 135 cm³/mol. The maximum Gasteiger partial charge on any atom is 0.250 e. The molecule has 3 rings (SSSR count). The molecule has 31 heavy (non-hydrogen) atoms. The third-order valence-electron chi connectivity index (χ3n) is 6.89. The van der Waals surface area contributed by atoms with Crippen LogP contribution in [0, 0.1) is 10.8 Å². The van der Waals surface area contributed by atoms with Gasteiger partial charge in [-0.3, -0.25) is 0 Å². The molecule has 0 saturated heterocycles. The summed E-state index contributed by atoms with van der Waals surface area (Å²) in [5.74, 6) is 1.95. The van der Waals surface area contributed by atoms with Gasteiger partial charge in [0.25, 0.3) is 0 Å². The molecule has 1 heterocycles. The van der Waals surface area contributed by atoms with Crippen LogP contribution in [0.5, 0.6) is 5.75 Å². The Balaban J connectivity index is 2.07. The Morgan fingerprint density at radius 3 is 2.03 bits per heavy atom. The number of hydrogen-bond acceptors (Lipinski definition) is 2. The van der Waals surface area contributed by atoms with Gasteiger partial charge in [0, 0.05) is 11.0 Å². The van der Waals surface area contributed by atoms with Crippen molar-refractivity contribution < 1.29 is 9.16 Å². The van der Waals surface area contributed by atoms with E-state index in [1.54, 1.807) is 0 Å². The van der Waals surface area contributed by atoms with Gasteiger partial charge in [0.15, 0.2) is 0 Å². The largest absolute Gasteiger partial charge is 0.543 e. The molecule has 2 nitrogen and oxygen atoms in total. The third kappa shape index (κ3) is 4.62. The molecule has 2 aromatic rings. The van der Waals surface area contributed by atoms with E-state index in [-0.39, 0.29) is 22.0 Å². The number of benzene rings is 2. The number of rotatable bonds is 4. The van der Waals surface area contributed by atoms with E-state index in [0.717, 1.165) is 17.1 Å². The van der Waals surface area contributed by atoms with E-state index in [1.165, 1.54) is 11.1 Å². The van der Waals surface area contributed by atoms with E-state index in [2.05, 4.69) is 123 Å². The van der Waals surface area contributed by atoms with Crippen LogP contribution in [0.2, 0.25) is 18.1 Å². The molecule has 168 valence electrons. The van der Waals surface area contributed by atoms with Gasteiger partial charge >= 0.3 is 0 Å². The summed E-state index contributed by atoms with van der Waals surface area (Å²) in [6, 6.07) is 19.1. The lowest BCUT2D eigenvalue weighted by atomic mass is 9.67. The third-order valence-corrected chi connectivity index (χ3v) is 11.2. The molecule has 1 aliphatic rings. The van der Waals surface area contributed by atoms with E-state index in [9.17, 15) is 0 Å². The molecule has 0 bridgehead atoms. The van der Waals surface area contributed by atoms with Crippen LogP contribution in [0.3, 0.4) is 0 Å². The fraction of sp³-hybridized carbons (Fsp3) is 0.500. The minimum absolute atomic E-state index is 0.0112. The van der Waals surface area contributed by atoms with Crippen LogP contribution in [0.4, 0.5) is 0 Å². The van der Waals surface area contributed by atoms with Crippen molar-refractivity contribution in [3.63, 3.8) is 0 Å². The maximum atomic E-state index is 6.78. The van der Waals surface area contributed by atoms with Gasteiger partial charge in [0.1, 0.15) is 17.6 Å². The van der Waals surface area contributed by atoms with E-state index >= 15 is 0 Å². The van der Waals surface area contributed by atoms with Gasteiger partial charge < -0.3 is 9.16 Å². The summed E-state index contributed by atoms with van der Waals surface area (Å²) in [6.45, 7) is 22.9. The lowest BCUT2D eigenvalue weighted by Crippen LogP contribution is -2.43. The summed E-state index contributed by atoms with van der Waals surface area (Å²) in [5, 5.41) is 0.156. The highest BCUT2D eigenvalue weighted by Gasteiger charge is 2.48. The molecule has 1 aliphatic heterocycles. The molecule has 0 fully saturated rings. The first-order valence-corrected chi connectivity index (χ1v) is 14.3. The molecule has 0 spiro atoms. The van der Waals surface area contributed by atoms with E-state index in [4.69, 9.17) is 9.16 Å². The summed E-state index contributed by atoms with van der Waals surface area (Å²) in [4.78, 5) is 0. The summed E-state index contributed by atoms with van der Waals surface area (Å²) in [7, 11) is -1.91. The first-order chi connectivity index (χ1) is 14.1. The van der Waals surface area contributed by atoms with Crippen molar-refractivity contribution in [3.8, 4) is 5.75 Å². The topological polar surface area (TPSA) is 18.5 Å². The molecule has 1 atom stereocenters. The van der Waals surface area contributed by atoms with Gasteiger partial charge in [-0.15, -0.1) is 0 Å². The Hall–Kier alpha value is -2.00. The normalized spacial score (nSPS) is 19.4. The molecule has 0 amide bonds. The second-order valence-corrected chi connectivity index (χ2v) is 16.7. The fourth-order valence-electron chi connectivity index (χ4n) is 4.53. The summed E-state index contributed by atoms with van der Waals surface area (Å²) >= 11 is 0. The Morgan fingerprint density at radius 1 is 0.871 bits per heavy atom. The van der Waals surface area contributed by atoms with Crippen LogP contribution in [0.1, 0.15) is 72.6 Å². The first-order valence-electron chi connectivity index (χ1n) is 11.4. The van der Waals surface area contributed by atoms with Gasteiger partial charge in [0.2, 0.25) is 8.32 Å². The van der Waals surface area contributed by atoms with Crippen LogP contribution in [0.25, 0.3) is 5.76 Å². The summed E-state index contributed by atoms with van der Waals surface area (Å²) in [6.07, 6.45) is -0.0112. The fourth-order valence-corrected chi connectivity index (χ4v) is 5.55. The zero-order valence-corrected chi connectivity index (χ0v) is 22.1. The van der Waals surface area contributed by atoms with Gasteiger partial charge in [-0.05, 0) is 46.8 Å². The summed E-state index contributed by atoms with van der Waals surface area (Å²) in [5.41, 5.74) is 3.55. The van der Waals surface area contributed by atoms with E-state index in [0.29, 0.717) is 0 Å². The van der Waals surface area contributed by atoms with Crippen molar-refractivity contribution in [1.82, 2.24) is 0 Å². The van der Waals surface area contributed by atoms with Crippen molar-refractivity contribution in [2.45, 2.75) is 79.6 Å². The monoisotopic (exact) mass is 436 g/mol. The number of ether oxygens (including phenoxy) is 1. The predicted octanol–water partition coefficient (Wildman–Crippen LogP) is 8.63. The maximum absolute atomic E-state index is 6.78. The second kappa shape index (κ2) is 7.85. The van der Waals surface area contributed by atoms with Gasteiger partial charge in [-0.1, -0.05) is 97.9 Å². The summed E-state index contributed by atoms with van der Waals surface area (Å²) < 4.78 is 13.4. The molecular weight excluding hydrogens is 396 g/mol. The molecule has 0 aromatic heterocycles. The zero-order valence-electron chi connectivity index (χ0n) is 21.1. The van der Waals surface area contributed by atoms with Gasteiger partial charge in [-0.2, -0.15) is 0 Å². The SMILES string of the molecule is CC(C)(C)C1=C(c2cccc(O[Si](C)(C)C(C)(C)C)c2)O[C@@H](c2ccccc2)C1(C)C. The molecule has 3 heteroatoms. The molecule has 2 aromatic carbocycles. The van der Waals surface area contributed by atoms with Gasteiger partial charge in [-0.25, -0.2) is 0 Å². The molecule has 0 unspecified atom stereocenters. The van der Waals surface area contributed by atoms with Crippen molar-refractivity contribution in [2.75, 3.05) is 0 Å². The minimum atomic E-state index is -1.91. The van der Waals surface area contributed by atoms with Crippen LogP contribution in [-0.2, 0) is 4.74 Å². The van der Waals surface area contributed by atoms with E-state index in [1.807, 2.05) is 0 Å². The zero-order chi connectivity index (χ0) is 23.2. The molecule has 0 saturated carbocycles. The van der Waals surface area contributed by atoms with Crippen molar-refractivity contribution >= 4 is 14.1 Å². The average Bonchev–Trinajstić information content (AvgIpc) is 2.92. The highest BCUT2D eigenvalue weighted by Crippen LogP contribution is 2.58. The quantitative estimate of drug-likeness (QED) is 0.446. The Morgan fingerprint density at radius 2 is 1.48 bits per heavy atom. The van der Waals surface area contributed by atoms with Crippen molar-refractivity contribution in [1.29, 1.82) is 0 Å². The van der Waals surface area contributed by atoms with Gasteiger partial charge in [0.05, 0.1) is 0 Å². The highest BCUT2D eigenvalue weighted by molar-refractivity contribution is 6.74. The van der Waals surface area contributed by atoms with E-state index < -0.39 is 8.32 Å². The molecule has 0 aliphatic carbocycles. The van der Waals surface area contributed by atoms with Crippen LogP contribution >= 0.6 is 0 Å². The van der Waals surface area contributed by atoms with Crippen LogP contribution < -0.4 is 4.43 Å². The number of hydrogen-bond donors (Lipinski definition) is 0. The van der Waals surface area contributed by atoms with Crippen molar-refractivity contribution in [2.24, 2.45) is 10.8 Å². The standard InChI is InChI=1S/C28H40O2Si/c1-26(2,3)24-23(29-25(28(24,7)8)20-15-12-11-13-16-20)21-17-14-18-22(19-21)30-31(9,10)27(4,5)6/h11-19,25H,1-10H3/t25-/m0/s1. The molecular formula is C28H40O2Si. The molecule has 0 radical (unpaired) electrons. The highest BCUT2D eigenvalue weighted by atomic mass is 28.4. The minimum Gasteiger partial charge on any atom is -0.543 e. The Bertz CT molecular complexity index is 956.